The van der Waals surface area contributed by atoms with E-state index in [1.54, 1.807) is 11.1 Å². The molecule has 2 aromatic carbocycles. The third-order valence-corrected chi connectivity index (χ3v) is 15.8. The van der Waals surface area contributed by atoms with Crippen LogP contribution in [0.4, 0.5) is 0 Å². The lowest BCUT2D eigenvalue weighted by Gasteiger charge is -2.48. The zero-order valence-corrected chi connectivity index (χ0v) is 26.0. The predicted octanol–water partition coefficient (Wildman–Crippen LogP) is 9.62. The largest absolute Gasteiger partial charge is 0.305 e. The molecule has 7 unspecified atom stereocenters. The minimum atomic E-state index is 0.207. The molecule has 7 bridgehead atoms. The van der Waals surface area contributed by atoms with Gasteiger partial charge in [-0.1, -0.05) is 24.3 Å². The van der Waals surface area contributed by atoms with Crippen molar-refractivity contribution in [1.82, 2.24) is 14.4 Å². The Balaban J connectivity index is 1.19. The molecular formula is C42H35N3O. The third kappa shape index (κ3) is 2.32. The minimum absolute atomic E-state index is 0.207. The van der Waals surface area contributed by atoms with Crippen LogP contribution in [0, 0.1) is 29.1 Å². The van der Waals surface area contributed by atoms with E-state index in [0.29, 0.717) is 29.1 Å². The molecule has 46 heavy (non-hydrogen) atoms. The summed E-state index contributed by atoms with van der Waals surface area (Å²) in [5.74, 6) is 6.11. The molecule has 4 nitrogen and oxygen atoms in total. The van der Waals surface area contributed by atoms with Crippen LogP contribution in [0.25, 0.3) is 49.2 Å². The van der Waals surface area contributed by atoms with Crippen LogP contribution in [0.3, 0.4) is 0 Å². The molecule has 0 aliphatic heterocycles. The van der Waals surface area contributed by atoms with Crippen molar-refractivity contribution in [2.24, 2.45) is 29.1 Å². The first-order valence-electron chi connectivity index (χ1n) is 18.4. The number of aromatic nitrogens is 3. The molecule has 0 radical (unpaired) electrons. The third-order valence-electron chi connectivity index (χ3n) is 15.8. The maximum absolute atomic E-state index is 14.4. The molecule has 9 aliphatic rings. The number of rotatable bonds is 0. The molecule has 224 valence electrons. The maximum Gasteiger partial charge on any atom is 0.194 e. The summed E-state index contributed by atoms with van der Waals surface area (Å²) >= 11 is 0. The normalized spacial score (nSPS) is 36.8. The summed E-state index contributed by atoms with van der Waals surface area (Å²) in [6.45, 7) is 0. The summed E-state index contributed by atoms with van der Waals surface area (Å²) in [6, 6.07) is 10.7. The molecule has 15 rings (SSSR count). The molecule has 0 saturated heterocycles. The van der Waals surface area contributed by atoms with E-state index in [2.05, 4.69) is 41.1 Å². The van der Waals surface area contributed by atoms with Crippen LogP contribution >= 0.6 is 0 Å². The van der Waals surface area contributed by atoms with Crippen molar-refractivity contribution >= 4 is 43.9 Å². The topological polar surface area (TPSA) is 47.3 Å². The van der Waals surface area contributed by atoms with Gasteiger partial charge in [0.25, 0.3) is 0 Å². The second-order valence-electron chi connectivity index (χ2n) is 17.4. The monoisotopic (exact) mass is 597 g/mol. The van der Waals surface area contributed by atoms with E-state index in [1.165, 1.54) is 119 Å². The Morgan fingerprint density at radius 3 is 2.15 bits per heavy atom. The van der Waals surface area contributed by atoms with Crippen molar-refractivity contribution in [3.63, 3.8) is 0 Å². The van der Waals surface area contributed by atoms with Crippen LogP contribution in [-0.2, 0) is 0 Å². The van der Waals surface area contributed by atoms with Gasteiger partial charge in [0.1, 0.15) is 0 Å². The molecule has 0 N–H and O–H groups in total. The first-order valence-corrected chi connectivity index (χ1v) is 18.4. The molecule has 0 amide bonds. The zero-order chi connectivity index (χ0) is 29.4. The molecule has 1 spiro atoms. The van der Waals surface area contributed by atoms with Crippen molar-refractivity contribution in [3.8, 4) is 11.1 Å². The van der Waals surface area contributed by atoms with Gasteiger partial charge in [0, 0.05) is 61.5 Å². The Kier molecular flexibility index (Phi) is 3.68. The Morgan fingerprint density at radius 1 is 0.652 bits per heavy atom. The number of ketones is 1. The van der Waals surface area contributed by atoms with Crippen molar-refractivity contribution in [2.45, 2.75) is 87.9 Å². The van der Waals surface area contributed by atoms with Crippen LogP contribution < -0.4 is 0 Å². The van der Waals surface area contributed by atoms with Gasteiger partial charge in [0.05, 0.1) is 28.9 Å². The highest BCUT2D eigenvalue weighted by atomic mass is 16.1. The number of nitrogens with zero attached hydrogens (tertiary/aromatic N) is 3. The fourth-order valence-corrected chi connectivity index (χ4v) is 14.5. The van der Waals surface area contributed by atoms with E-state index in [9.17, 15) is 4.79 Å². The van der Waals surface area contributed by atoms with E-state index in [1.807, 2.05) is 6.07 Å². The number of carbonyl (C=O) groups is 1. The standard InChI is InChI=1S/C42H35N3O/c46-41-27-4-2-1-3-26(27)34-29(41)13-28-35-30(16-44-39-23-11-25-12-24-10-22(33(35)39)14-42(24,25)15-23)45-31-17-43-38-21-8-18-5-19(9-21)7-20(6-18)32(38)36(31)37(34)40(28)45/h1-4,13,16-25H,5-12,14-15H2. The average molecular weight is 598 g/mol. The Morgan fingerprint density at radius 2 is 1.33 bits per heavy atom. The number of hydrogen-bond acceptors (Lipinski definition) is 3. The number of carbonyl (C=O) groups excluding carboxylic acids is 1. The summed E-state index contributed by atoms with van der Waals surface area (Å²) < 4.78 is 2.57. The highest BCUT2D eigenvalue weighted by Gasteiger charge is 2.66. The Bertz CT molecular complexity index is 2470. The van der Waals surface area contributed by atoms with Gasteiger partial charge in [-0.2, -0.15) is 0 Å². The lowest BCUT2D eigenvalue weighted by Crippen LogP contribution is -2.41. The van der Waals surface area contributed by atoms with Gasteiger partial charge in [-0.15, -0.1) is 0 Å². The molecular weight excluding hydrogens is 562 g/mol. The second kappa shape index (κ2) is 7.20. The van der Waals surface area contributed by atoms with E-state index < -0.39 is 0 Å². The summed E-state index contributed by atoms with van der Waals surface area (Å²) in [5, 5.41) is 5.48. The van der Waals surface area contributed by atoms with Crippen molar-refractivity contribution in [3.05, 3.63) is 76.4 Å². The maximum atomic E-state index is 14.4. The van der Waals surface area contributed by atoms with E-state index >= 15 is 0 Å². The van der Waals surface area contributed by atoms with Crippen molar-refractivity contribution in [1.29, 1.82) is 0 Å². The molecule has 7 atom stereocenters. The fourth-order valence-electron chi connectivity index (χ4n) is 14.5. The van der Waals surface area contributed by atoms with Gasteiger partial charge in [-0.25, -0.2) is 0 Å². The lowest BCUT2D eigenvalue weighted by molar-refractivity contribution is 0.00321. The molecule has 4 heterocycles. The molecule has 4 heteroatoms. The van der Waals surface area contributed by atoms with Crippen molar-refractivity contribution < 1.29 is 4.79 Å². The van der Waals surface area contributed by atoms with Gasteiger partial charge < -0.3 is 4.40 Å². The van der Waals surface area contributed by atoms with E-state index in [4.69, 9.17) is 9.97 Å². The van der Waals surface area contributed by atoms with E-state index in [-0.39, 0.29) is 5.78 Å². The van der Waals surface area contributed by atoms with Gasteiger partial charge in [0.15, 0.2) is 5.78 Å². The first-order chi connectivity index (χ1) is 22.6. The first kappa shape index (κ1) is 23.5. The predicted molar refractivity (Wildman–Crippen MR) is 179 cm³/mol. The smallest absolute Gasteiger partial charge is 0.194 e. The highest BCUT2D eigenvalue weighted by Crippen LogP contribution is 2.76. The number of pyridine rings is 2. The molecule has 5 saturated carbocycles. The molecule has 9 aliphatic carbocycles. The van der Waals surface area contributed by atoms with Crippen LogP contribution in [0.15, 0.2) is 42.7 Å². The molecule has 6 aromatic rings. The number of benzene rings is 2. The van der Waals surface area contributed by atoms with Crippen LogP contribution in [0.2, 0.25) is 0 Å². The van der Waals surface area contributed by atoms with Crippen LogP contribution in [-0.4, -0.2) is 20.2 Å². The quantitative estimate of drug-likeness (QED) is 0.175. The fraction of sp³-hybridized carbons (Fsp3) is 0.452. The van der Waals surface area contributed by atoms with Gasteiger partial charge in [-0.05, 0) is 128 Å². The number of fused-ring (bicyclic) bond motifs is 16. The number of hydrogen-bond donors (Lipinski definition) is 0. The van der Waals surface area contributed by atoms with Gasteiger partial charge in [-0.3, -0.25) is 14.8 Å². The SMILES string of the molecule is O=C1c2ccccc2-c2c1cc1c3c4c(ncc3n3c5cnc6c(c5c2c13)C1CC2CC(CC6C2)C1)C1CC2CC3CC4CC23C1. The Labute approximate surface area is 266 Å². The van der Waals surface area contributed by atoms with Crippen LogP contribution in [0.1, 0.15) is 126 Å². The second-order valence-corrected chi connectivity index (χ2v) is 17.4. The lowest BCUT2D eigenvalue weighted by atomic mass is 9.56. The van der Waals surface area contributed by atoms with Gasteiger partial charge in [0.2, 0.25) is 0 Å². The van der Waals surface area contributed by atoms with Gasteiger partial charge >= 0.3 is 0 Å². The highest BCUT2D eigenvalue weighted by molar-refractivity contribution is 6.35. The van der Waals surface area contributed by atoms with Crippen LogP contribution in [0.5, 0.6) is 0 Å². The Hall–Kier alpha value is -3.79. The summed E-state index contributed by atoms with van der Waals surface area (Å²) in [5.41, 5.74) is 14.5. The van der Waals surface area contributed by atoms with Crippen molar-refractivity contribution in [2.75, 3.05) is 0 Å². The summed E-state index contributed by atoms with van der Waals surface area (Å²) in [4.78, 5) is 25.2. The van der Waals surface area contributed by atoms with E-state index in [0.717, 1.165) is 40.4 Å². The average Bonchev–Trinajstić information content (AvgIpc) is 3.78. The molecule has 4 aromatic heterocycles. The summed E-state index contributed by atoms with van der Waals surface area (Å²) in [7, 11) is 0. The molecule has 5 fully saturated rings. The zero-order valence-electron chi connectivity index (χ0n) is 26.0. The minimum Gasteiger partial charge on any atom is -0.305 e. The summed E-state index contributed by atoms with van der Waals surface area (Å²) in [6.07, 6.45) is 18.0.